The van der Waals surface area contributed by atoms with Gasteiger partial charge in [0.15, 0.2) is 11.5 Å². The smallest absolute Gasteiger partial charge is 0.272 e. The number of fused-ring (bicyclic) bond motifs is 1. The van der Waals surface area contributed by atoms with E-state index in [9.17, 15) is 19.6 Å². The Bertz CT molecular complexity index is 2500. The quantitative estimate of drug-likeness (QED) is 0.0783. The van der Waals surface area contributed by atoms with Crippen molar-refractivity contribution >= 4 is 57.6 Å². The number of nitriles is 1. The SMILES string of the molecule is COc1cccc(/C=C(/NC(=O)c2ccccc2)C(=O)Nc2cccc(SC(C(=O)Nc3sc4c(c3C#N)CCC(c3ccccc3)C4)c3ccccc3)c2)c1OC. The first-order valence-electron chi connectivity index (χ1n) is 18.7. The summed E-state index contributed by atoms with van der Waals surface area (Å²) in [5.74, 6) is -0.0817. The molecule has 5 aromatic carbocycles. The van der Waals surface area contributed by atoms with E-state index in [1.807, 2.05) is 42.5 Å². The Hall–Kier alpha value is -6.61. The maximum absolute atomic E-state index is 14.3. The summed E-state index contributed by atoms with van der Waals surface area (Å²) in [5.41, 5.74) is 4.95. The molecule has 11 heteroatoms. The molecule has 0 saturated heterocycles. The van der Waals surface area contributed by atoms with Crippen LogP contribution >= 0.6 is 23.1 Å². The highest BCUT2D eigenvalue weighted by Gasteiger charge is 2.30. The van der Waals surface area contributed by atoms with Gasteiger partial charge >= 0.3 is 0 Å². The molecule has 6 aromatic rings. The maximum atomic E-state index is 14.3. The first kappa shape index (κ1) is 39.6. The van der Waals surface area contributed by atoms with Gasteiger partial charge in [-0.3, -0.25) is 14.4 Å². The van der Waals surface area contributed by atoms with Gasteiger partial charge in [-0.15, -0.1) is 23.1 Å². The molecule has 0 saturated carbocycles. The Labute approximate surface area is 345 Å². The highest BCUT2D eigenvalue weighted by atomic mass is 32.2. The average molecular weight is 805 g/mol. The Balaban J connectivity index is 1.13. The van der Waals surface area contributed by atoms with Gasteiger partial charge in [0.25, 0.3) is 11.8 Å². The molecular weight excluding hydrogens is 765 g/mol. The Kier molecular flexibility index (Phi) is 12.7. The number of methoxy groups -OCH3 is 2. The first-order chi connectivity index (χ1) is 28.3. The van der Waals surface area contributed by atoms with Crippen LogP contribution in [0.1, 0.15) is 60.6 Å². The minimum atomic E-state index is -0.684. The number of thioether (sulfide) groups is 1. The normalized spacial score (nSPS) is 13.9. The van der Waals surface area contributed by atoms with Gasteiger partial charge in [-0.25, -0.2) is 0 Å². The lowest BCUT2D eigenvalue weighted by atomic mass is 9.83. The van der Waals surface area contributed by atoms with E-state index in [0.717, 1.165) is 35.3 Å². The lowest BCUT2D eigenvalue weighted by Crippen LogP contribution is -2.30. The second kappa shape index (κ2) is 18.6. The summed E-state index contributed by atoms with van der Waals surface area (Å²) in [6.07, 6.45) is 4.08. The van der Waals surface area contributed by atoms with Gasteiger partial charge in [-0.2, -0.15) is 5.26 Å². The van der Waals surface area contributed by atoms with Crippen LogP contribution in [0.2, 0.25) is 0 Å². The van der Waals surface area contributed by atoms with Gasteiger partial charge in [0.2, 0.25) is 5.91 Å². The standard InChI is InChI=1S/C47H40N4O5S2/c1-55-40-23-12-20-34(42(40)56-2)26-39(50-44(52)32-18-10-5-11-19-32)45(53)49-35-21-13-22-36(28-35)57-43(31-16-8-4-9-17-31)46(54)51-47-38(29-48)37-25-24-33(27-41(37)58-47)30-14-6-3-7-15-30/h3-23,26,28,33,43H,24-25,27H2,1-2H3,(H,49,53)(H,50,52)(H,51,54)/b39-26+. The second-order valence-electron chi connectivity index (χ2n) is 13.5. The maximum Gasteiger partial charge on any atom is 0.272 e. The van der Waals surface area contributed by atoms with Crippen LogP contribution in [0.3, 0.4) is 0 Å². The number of amides is 3. The first-order valence-corrected chi connectivity index (χ1v) is 20.4. The van der Waals surface area contributed by atoms with E-state index < -0.39 is 17.1 Å². The number of ether oxygens (including phenoxy) is 2. The predicted octanol–water partition coefficient (Wildman–Crippen LogP) is 9.79. The van der Waals surface area contributed by atoms with Crippen molar-refractivity contribution in [2.45, 2.75) is 35.3 Å². The van der Waals surface area contributed by atoms with Crippen molar-refractivity contribution in [2.75, 3.05) is 24.9 Å². The lowest BCUT2D eigenvalue weighted by molar-refractivity contribution is -0.116. The number of carbonyl (C=O) groups is 3. The molecule has 3 amide bonds. The highest BCUT2D eigenvalue weighted by Crippen LogP contribution is 2.44. The number of thiophene rings is 1. The summed E-state index contributed by atoms with van der Waals surface area (Å²) < 4.78 is 11.0. The number of nitrogens with one attached hydrogen (secondary N) is 3. The zero-order valence-corrected chi connectivity index (χ0v) is 33.5. The average Bonchev–Trinajstić information content (AvgIpc) is 3.62. The molecular formula is C47H40N4O5S2. The molecule has 0 spiro atoms. The summed E-state index contributed by atoms with van der Waals surface area (Å²) in [7, 11) is 3.02. The fraction of sp³-hybridized carbons (Fsp3) is 0.149. The van der Waals surface area contributed by atoms with Crippen LogP contribution < -0.4 is 25.4 Å². The molecule has 3 N–H and O–H groups in total. The van der Waals surface area contributed by atoms with Gasteiger partial charge < -0.3 is 25.4 Å². The molecule has 9 nitrogen and oxygen atoms in total. The van der Waals surface area contributed by atoms with Crippen LogP contribution in [0, 0.1) is 11.3 Å². The topological polar surface area (TPSA) is 130 Å². The minimum absolute atomic E-state index is 0.0259. The number of nitrogens with zero attached hydrogens (tertiary/aromatic N) is 1. The Morgan fingerprint density at radius 2 is 1.55 bits per heavy atom. The molecule has 0 aliphatic heterocycles. The second-order valence-corrected chi connectivity index (χ2v) is 15.8. The van der Waals surface area contributed by atoms with Crippen LogP contribution in [0.15, 0.2) is 144 Å². The Morgan fingerprint density at radius 1 is 0.845 bits per heavy atom. The molecule has 0 fully saturated rings. The molecule has 2 atom stereocenters. The molecule has 0 bridgehead atoms. The van der Waals surface area contributed by atoms with E-state index in [1.165, 1.54) is 49.0 Å². The van der Waals surface area contributed by atoms with Crippen molar-refractivity contribution in [2.24, 2.45) is 0 Å². The third-order valence-corrected chi connectivity index (χ3v) is 12.3. The number of para-hydroxylation sites is 1. The van der Waals surface area contributed by atoms with E-state index in [-0.39, 0.29) is 11.6 Å². The molecule has 58 heavy (non-hydrogen) atoms. The van der Waals surface area contributed by atoms with Crippen molar-refractivity contribution in [1.29, 1.82) is 5.26 Å². The van der Waals surface area contributed by atoms with Crippen molar-refractivity contribution in [1.82, 2.24) is 5.32 Å². The molecule has 7 rings (SSSR count). The molecule has 290 valence electrons. The lowest BCUT2D eigenvalue weighted by Gasteiger charge is -2.22. The Morgan fingerprint density at radius 3 is 2.26 bits per heavy atom. The van der Waals surface area contributed by atoms with Crippen LogP contribution in [0.4, 0.5) is 10.7 Å². The minimum Gasteiger partial charge on any atom is -0.493 e. The van der Waals surface area contributed by atoms with E-state index >= 15 is 0 Å². The van der Waals surface area contributed by atoms with Crippen molar-refractivity contribution < 1.29 is 23.9 Å². The van der Waals surface area contributed by atoms with E-state index in [0.29, 0.717) is 49.7 Å². The third kappa shape index (κ3) is 9.16. The summed E-state index contributed by atoms with van der Waals surface area (Å²) in [5, 5.41) is 19.0. The summed E-state index contributed by atoms with van der Waals surface area (Å²) in [6.45, 7) is 0. The molecule has 1 aliphatic carbocycles. The monoisotopic (exact) mass is 804 g/mol. The van der Waals surface area contributed by atoms with E-state index in [1.54, 1.807) is 66.7 Å². The number of rotatable bonds is 13. The van der Waals surface area contributed by atoms with E-state index in [4.69, 9.17) is 9.47 Å². The van der Waals surface area contributed by atoms with Crippen molar-refractivity contribution in [3.63, 3.8) is 0 Å². The summed E-state index contributed by atoms with van der Waals surface area (Å²) in [6, 6.07) is 43.3. The van der Waals surface area contributed by atoms with E-state index in [2.05, 4.69) is 46.3 Å². The highest BCUT2D eigenvalue weighted by molar-refractivity contribution is 8.00. The number of hydrogen-bond acceptors (Lipinski definition) is 8. The van der Waals surface area contributed by atoms with Gasteiger partial charge in [-0.1, -0.05) is 97.1 Å². The predicted molar refractivity (Wildman–Crippen MR) is 230 cm³/mol. The van der Waals surface area contributed by atoms with Gasteiger partial charge in [0.1, 0.15) is 22.0 Å². The van der Waals surface area contributed by atoms with Crippen LogP contribution in [0.5, 0.6) is 11.5 Å². The van der Waals surface area contributed by atoms with Crippen LogP contribution in [-0.2, 0) is 22.4 Å². The van der Waals surface area contributed by atoms with Crippen LogP contribution in [-0.4, -0.2) is 31.9 Å². The largest absolute Gasteiger partial charge is 0.493 e. The fourth-order valence-corrected chi connectivity index (χ4v) is 9.35. The molecule has 2 unspecified atom stereocenters. The summed E-state index contributed by atoms with van der Waals surface area (Å²) in [4.78, 5) is 43.4. The van der Waals surface area contributed by atoms with Crippen LogP contribution in [0.25, 0.3) is 6.08 Å². The van der Waals surface area contributed by atoms with Gasteiger partial charge in [0, 0.05) is 26.6 Å². The fourth-order valence-electron chi connectivity index (χ4n) is 6.99. The van der Waals surface area contributed by atoms with Gasteiger partial charge in [-0.05, 0) is 84.3 Å². The van der Waals surface area contributed by atoms with Crippen molar-refractivity contribution in [3.05, 3.63) is 177 Å². The molecule has 0 radical (unpaired) electrons. The van der Waals surface area contributed by atoms with Gasteiger partial charge in [0.05, 0.1) is 19.8 Å². The zero-order valence-electron chi connectivity index (χ0n) is 31.9. The summed E-state index contributed by atoms with van der Waals surface area (Å²) >= 11 is 2.82. The number of anilines is 2. The molecule has 1 aromatic heterocycles. The number of carbonyl (C=O) groups excluding carboxylic acids is 3. The molecule has 1 heterocycles. The zero-order chi connectivity index (χ0) is 40.4. The third-order valence-electron chi connectivity index (χ3n) is 9.83. The number of benzene rings is 5. The molecule has 1 aliphatic rings. The van der Waals surface area contributed by atoms with Crippen molar-refractivity contribution in [3.8, 4) is 17.6 Å². The number of hydrogen-bond donors (Lipinski definition) is 3.